The molecular formula is C30H35F3N6O4. The van der Waals surface area contributed by atoms with Gasteiger partial charge >= 0.3 is 12.1 Å². The summed E-state index contributed by atoms with van der Waals surface area (Å²) in [5.41, 5.74) is 4.64. The average Bonchev–Trinajstić information content (AvgIpc) is 3.44. The Hall–Kier alpha value is -4.26. The number of ether oxygens (including phenoxy) is 1. The van der Waals surface area contributed by atoms with Crippen molar-refractivity contribution in [3.05, 3.63) is 59.9 Å². The molecule has 1 N–H and O–H groups in total. The van der Waals surface area contributed by atoms with Crippen LogP contribution in [0.15, 0.2) is 48.8 Å². The van der Waals surface area contributed by atoms with Crippen LogP contribution in [0.4, 0.5) is 30.6 Å². The SMILES string of the molecule is CC(C)CCN(C)C(=O)c1cccc(-c2nc(N3CCOCC3)nc3c2CCN3c2cccnc2)c1.O=C(O)C(F)(F)F. The summed E-state index contributed by atoms with van der Waals surface area (Å²) in [5, 5.41) is 7.12. The normalized spacial score (nSPS) is 14.7. The van der Waals surface area contributed by atoms with Crippen LogP contribution < -0.4 is 9.80 Å². The summed E-state index contributed by atoms with van der Waals surface area (Å²) in [4.78, 5) is 42.7. The Bertz CT molecular complexity index is 1410. The first-order chi connectivity index (χ1) is 20.5. The van der Waals surface area contributed by atoms with E-state index in [4.69, 9.17) is 24.6 Å². The number of anilines is 3. The minimum absolute atomic E-state index is 0.0357. The fraction of sp³-hybridized carbons (Fsp3) is 0.433. The number of carboxylic acid groups (broad SMARTS) is 1. The van der Waals surface area contributed by atoms with Crippen molar-refractivity contribution in [1.29, 1.82) is 0 Å². The molecular weight excluding hydrogens is 565 g/mol. The van der Waals surface area contributed by atoms with Crippen molar-refractivity contribution in [1.82, 2.24) is 19.9 Å². The standard InChI is InChI=1S/C28H34N6O2.C2HF3O2/c1-20(2)9-12-32(3)27(35)22-7-4-6-21(18-22)25-24-10-13-34(23-8-5-11-29-19-23)26(24)31-28(30-25)33-14-16-36-17-15-33;3-2(4,5)1(6)7/h4-8,11,18-20H,9-10,12-17H2,1-3H3;(H,6,7). The zero-order chi connectivity index (χ0) is 31.1. The van der Waals surface area contributed by atoms with Crippen molar-refractivity contribution in [2.24, 2.45) is 5.92 Å². The van der Waals surface area contributed by atoms with Gasteiger partial charge < -0.3 is 24.5 Å². The van der Waals surface area contributed by atoms with Gasteiger partial charge in [0.15, 0.2) is 0 Å². The molecule has 10 nitrogen and oxygen atoms in total. The summed E-state index contributed by atoms with van der Waals surface area (Å²) in [5.74, 6) is -0.549. The second kappa shape index (κ2) is 13.8. The van der Waals surface area contributed by atoms with Crippen LogP contribution in [0.3, 0.4) is 0 Å². The van der Waals surface area contributed by atoms with E-state index >= 15 is 0 Å². The molecule has 1 saturated heterocycles. The topological polar surface area (TPSA) is 112 Å². The molecule has 0 bridgehead atoms. The third-order valence-electron chi connectivity index (χ3n) is 7.08. The van der Waals surface area contributed by atoms with Gasteiger partial charge in [-0.1, -0.05) is 26.0 Å². The highest BCUT2D eigenvalue weighted by molar-refractivity contribution is 5.95. The van der Waals surface area contributed by atoms with Crippen LogP contribution in [-0.4, -0.2) is 89.5 Å². The van der Waals surface area contributed by atoms with Gasteiger partial charge in [-0.3, -0.25) is 9.78 Å². The van der Waals surface area contributed by atoms with Crippen molar-refractivity contribution < 1.29 is 32.6 Å². The van der Waals surface area contributed by atoms with E-state index in [0.29, 0.717) is 30.6 Å². The Kier molecular flexibility index (Phi) is 10.2. The predicted octanol–water partition coefficient (Wildman–Crippen LogP) is 4.82. The number of hydrogen-bond acceptors (Lipinski definition) is 8. The molecule has 43 heavy (non-hydrogen) atoms. The number of alkyl halides is 3. The zero-order valence-corrected chi connectivity index (χ0v) is 24.3. The number of carbonyl (C=O) groups is 2. The molecule has 0 aliphatic carbocycles. The molecule has 2 aromatic heterocycles. The number of halogens is 3. The van der Waals surface area contributed by atoms with E-state index in [1.807, 2.05) is 48.5 Å². The number of aliphatic carboxylic acids is 1. The number of amides is 1. The van der Waals surface area contributed by atoms with E-state index in [1.165, 1.54) is 0 Å². The Labute approximate surface area is 248 Å². The molecule has 0 saturated carbocycles. The quantitative estimate of drug-likeness (QED) is 0.408. The lowest BCUT2D eigenvalue weighted by atomic mass is 10.0. The monoisotopic (exact) mass is 600 g/mol. The molecule has 1 aromatic carbocycles. The van der Waals surface area contributed by atoms with Crippen LogP contribution in [0.1, 0.15) is 36.2 Å². The Morgan fingerprint density at radius 2 is 1.81 bits per heavy atom. The first kappa shape index (κ1) is 31.7. The van der Waals surface area contributed by atoms with Gasteiger partial charge in [-0.2, -0.15) is 18.2 Å². The van der Waals surface area contributed by atoms with E-state index in [1.54, 1.807) is 6.20 Å². The number of carboxylic acids is 1. The molecule has 2 aliphatic rings. The Morgan fingerprint density at radius 1 is 1.09 bits per heavy atom. The smallest absolute Gasteiger partial charge is 0.475 e. The van der Waals surface area contributed by atoms with Gasteiger partial charge in [0, 0.05) is 56.1 Å². The molecule has 0 unspecified atom stereocenters. The Morgan fingerprint density at radius 3 is 2.44 bits per heavy atom. The molecule has 3 aromatic rings. The highest BCUT2D eigenvalue weighted by atomic mass is 19.4. The van der Waals surface area contributed by atoms with Gasteiger partial charge in [0.2, 0.25) is 5.95 Å². The van der Waals surface area contributed by atoms with Crippen LogP contribution in [0.25, 0.3) is 11.3 Å². The largest absolute Gasteiger partial charge is 0.490 e. The van der Waals surface area contributed by atoms with E-state index in [0.717, 1.165) is 67.3 Å². The second-order valence-electron chi connectivity index (χ2n) is 10.7. The summed E-state index contributed by atoms with van der Waals surface area (Å²) < 4.78 is 37.3. The van der Waals surface area contributed by atoms with Crippen LogP contribution in [-0.2, 0) is 16.0 Å². The third kappa shape index (κ3) is 7.98. The summed E-state index contributed by atoms with van der Waals surface area (Å²) in [6.07, 6.45) is 0.382. The molecule has 13 heteroatoms. The number of rotatable bonds is 7. The number of morpholine rings is 1. The van der Waals surface area contributed by atoms with Gasteiger partial charge in [0.25, 0.3) is 5.91 Å². The van der Waals surface area contributed by atoms with Crippen molar-refractivity contribution >= 4 is 29.3 Å². The van der Waals surface area contributed by atoms with E-state index in [2.05, 4.69) is 34.7 Å². The molecule has 0 atom stereocenters. The van der Waals surface area contributed by atoms with Gasteiger partial charge in [-0.05, 0) is 43.0 Å². The number of benzene rings is 1. The fourth-order valence-electron chi connectivity index (χ4n) is 4.73. The number of fused-ring (bicyclic) bond motifs is 1. The second-order valence-corrected chi connectivity index (χ2v) is 10.7. The van der Waals surface area contributed by atoms with Crippen molar-refractivity contribution in [2.75, 3.05) is 56.2 Å². The molecule has 0 spiro atoms. The average molecular weight is 601 g/mol. The molecule has 4 heterocycles. The Balaban J connectivity index is 0.000000541. The number of hydrogen-bond donors (Lipinski definition) is 1. The minimum Gasteiger partial charge on any atom is -0.475 e. The van der Waals surface area contributed by atoms with Crippen molar-refractivity contribution in [3.8, 4) is 11.3 Å². The lowest BCUT2D eigenvalue weighted by Gasteiger charge is -2.28. The van der Waals surface area contributed by atoms with Crippen LogP contribution in [0.5, 0.6) is 0 Å². The highest BCUT2D eigenvalue weighted by Gasteiger charge is 2.38. The summed E-state index contributed by atoms with van der Waals surface area (Å²) >= 11 is 0. The predicted molar refractivity (Wildman–Crippen MR) is 156 cm³/mol. The summed E-state index contributed by atoms with van der Waals surface area (Å²) in [6.45, 7) is 8.74. The lowest BCUT2D eigenvalue weighted by Crippen LogP contribution is -2.37. The fourth-order valence-corrected chi connectivity index (χ4v) is 4.73. The maximum Gasteiger partial charge on any atom is 0.490 e. The van der Waals surface area contributed by atoms with Gasteiger partial charge in [0.1, 0.15) is 5.82 Å². The number of pyridine rings is 1. The van der Waals surface area contributed by atoms with Crippen molar-refractivity contribution in [2.45, 2.75) is 32.9 Å². The van der Waals surface area contributed by atoms with E-state index in [9.17, 15) is 18.0 Å². The number of aromatic nitrogens is 3. The third-order valence-corrected chi connectivity index (χ3v) is 7.08. The number of carbonyl (C=O) groups excluding carboxylic acids is 1. The zero-order valence-electron chi connectivity index (χ0n) is 24.3. The highest BCUT2D eigenvalue weighted by Crippen LogP contribution is 2.39. The van der Waals surface area contributed by atoms with Gasteiger partial charge in [0.05, 0.1) is 30.8 Å². The molecule has 2 aliphatic heterocycles. The minimum atomic E-state index is -5.08. The molecule has 5 rings (SSSR count). The van der Waals surface area contributed by atoms with E-state index < -0.39 is 12.1 Å². The molecule has 1 amide bonds. The van der Waals surface area contributed by atoms with Gasteiger partial charge in [-0.15, -0.1) is 0 Å². The summed E-state index contributed by atoms with van der Waals surface area (Å²) in [6, 6.07) is 11.9. The molecule has 230 valence electrons. The molecule has 0 radical (unpaired) electrons. The maximum atomic E-state index is 13.2. The first-order valence-electron chi connectivity index (χ1n) is 14.0. The maximum absolute atomic E-state index is 13.2. The van der Waals surface area contributed by atoms with Gasteiger partial charge in [-0.25, -0.2) is 9.78 Å². The number of nitrogens with zero attached hydrogens (tertiary/aromatic N) is 6. The lowest BCUT2D eigenvalue weighted by molar-refractivity contribution is -0.192. The van der Waals surface area contributed by atoms with Crippen LogP contribution in [0, 0.1) is 5.92 Å². The molecule has 1 fully saturated rings. The van der Waals surface area contributed by atoms with E-state index in [-0.39, 0.29) is 5.91 Å². The van der Waals surface area contributed by atoms with Crippen LogP contribution >= 0.6 is 0 Å². The summed E-state index contributed by atoms with van der Waals surface area (Å²) in [7, 11) is 1.88. The van der Waals surface area contributed by atoms with Crippen LogP contribution in [0.2, 0.25) is 0 Å². The van der Waals surface area contributed by atoms with Crippen molar-refractivity contribution in [3.63, 3.8) is 0 Å². The first-order valence-corrected chi connectivity index (χ1v) is 14.0.